The highest BCUT2D eigenvalue weighted by atomic mass is 32.1. The second kappa shape index (κ2) is 26.6. The third kappa shape index (κ3) is 10.7. The van der Waals surface area contributed by atoms with E-state index in [1.807, 2.05) is 12.1 Å². The molecule has 0 saturated carbocycles. The summed E-state index contributed by atoms with van der Waals surface area (Å²) in [5, 5.41) is 41.1. The van der Waals surface area contributed by atoms with Gasteiger partial charge in [0.05, 0.1) is 30.3 Å². The normalized spacial score (nSPS) is 16.8. The van der Waals surface area contributed by atoms with Crippen molar-refractivity contribution in [2.45, 2.75) is 103 Å². The lowest BCUT2D eigenvalue weighted by atomic mass is 9.68. The number of carbonyl (C=O) groups is 2. The smallest absolute Gasteiger partial charge is 0.194 e. The molecule has 4 aliphatic carbocycles. The quantitative estimate of drug-likeness (QED) is 0.0478. The van der Waals surface area contributed by atoms with Crippen LogP contribution >= 0.6 is 45.3 Å². The number of thiophene rings is 4. The van der Waals surface area contributed by atoms with E-state index in [-0.39, 0.29) is 45.0 Å². The standard InChI is InChI=1S/C88H64F2N4O2S4/c1-5-7-9-11-17-53-27-35-59(36-28-53)87(57-31-23-51(3)24-32-57)71-41-61(39-69-79(55(47-91)48-92)63-19-13-15-21-65(63)81(69)95)97-83(71)85-73(87)45-77(99-85)67-43-76(90)68(44-75(67)89)78-46-74-86(100-78)84-72(42-62(98-84)40-70-80(56(49-93)50-94)64-20-14-16-22-66(64)82(70)96)88(74,58-33-25-52(4)26-34-58)60-37-29-54(30-38-60)18-12-10-8-6-2/h13-16,19-46H,5-12,17-18H2,1-4H3/b69-39-,70-40-. The Labute approximate surface area is 597 Å². The van der Waals surface area contributed by atoms with E-state index in [0.29, 0.717) is 43.2 Å². The third-order valence-electron chi connectivity index (χ3n) is 20.4. The Morgan fingerprint density at radius 1 is 0.400 bits per heavy atom. The molecule has 4 heterocycles. The van der Waals surface area contributed by atoms with Gasteiger partial charge in [0.2, 0.25) is 0 Å². The summed E-state index contributed by atoms with van der Waals surface area (Å²) >= 11 is 5.80. The lowest BCUT2D eigenvalue weighted by Crippen LogP contribution is -2.28. The van der Waals surface area contributed by atoms with Crippen LogP contribution in [0.5, 0.6) is 0 Å². The molecule has 100 heavy (non-hydrogen) atoms. The lowest BCUT2D eigenvalue weighted by molar-refractivity contribution is 0.103. The van der Waals surface area contributed by atoms with E-state index in [0.717, 1.165) is 136 Å². The third-order valence-corrected chi connectivity index (χ3v) is 25.2. The van der Waals surface area contributed by atoms with Crippen molar-refractivity contribution in [1.82, 2.24) is 0 Å². The summed E-state index contributed by atoms with van der Waals surface area (Å²) < 4.78 is 36.1. The number of nitriles is 4. The molecule has 15 rings (SSSR count). The zero-order valence-electron chi connectivity index (χ0n) is 55.5. The van der Waals surface area contributed by atoms with Crippen molar-refractivity contribution in [1.29, 1.82) is 21.0 Å². The molecule has 0 fully saturated rings. The van der Waals surface area contributed by atoms with Crippen LogP contribution in [0.15, 0.2) is 204 Å². The van der Waals surface area contributed by atoms with Crippen molar-refractivity contribution in [3.8, 4) is 64.7 Å². The van der Waals surface area contributed by atoms with Crippen LogP contribution in [0.25, 0.3) is 63.7 Å². The molecule has 0 aliphatic heterocycles. The minimum absolute atomic E-state index is 0.116. The number of benzene rings is 7. The Morgan fingerprint density at radius 3 is 1.08 bits per heavy atom. The number of fused-ring (bicyclic) bond motifs is 8. The maximum absolute atomic E-state index is 18.1. The molecule has 4 aliphatic rings. The molecule has 0 N–H and O–H groups in total. The van der Waals surface area contributed by atoms with Gasteiger partial charge in [0.25, 0.3) is 0 Å². The van der Waals surface area contributed by atoms with Crippen molar-refractivity contribution in [2.75, 3.05) is 0 Å². The molecule has 486 valence electrons. The Morgan fingerprint density at radius 2 is 0.730 bits per heavy atom. The molecular formula is C88H64F2N4O2S4. The fourth-order valence-electron chi connectivity index (χ4n) is 15.5. The molecule has 12 heteroatoms. The number of halogens is 2. The zero-order chi connectivity index (χ0) is 69.1. The fourth-order valence-corrected chi connectivity index (χ4v) is 20.6. The molecule has 0 amide bonds. The lowest BCUT2D eigenvalue weighted by Gasteiger charge is -2.33. The molecule has 6 nitrogen and oxygen atoms in total. The first kappa shape index (κ1) is 65.4. The van der Waals surface area contributed by atoms with Crippen LogP contribution in [-0.2, 0) is 23.7 Å². The van der Waals surface area contributed by atoms with E-state index < -0.39 is 22.5 Å². The van der Waals surface area contributed by atoms with E-state index in [1.54, 1.807) is 60.7 Å². The van der Waals surface area contributed by atoms with Gasteiger partial charge >= 0.3 is 0 Å². The second-order valence-corrected chi connectivity index (χ2v) is 30.6. The maximum atomic E-state index is 18.1. The first-order valence-electron chi connectivity index (χ1n) is 34.0. The molecule has 0 bridgehead atoms. The van der Waals surface area contributed by atoms with Gasteiger partial charge in [-0.1, -0.05) is 209 Å². The van der Waals surface area contributed by atoms with Gasteiger partial charge in [-0.15, -0.1) is 45.3 Å². The molecule has 11 aromatic rings. The van der Waals surface area contributed by atoms with E-state index >= 15 is 8.78 Å². The molecule has 0 saturated heterocycles. The highest BCUT2D eigenvalue weighted by Crippen LogP contribution is 2.65. The number of unbranched alkanes of at least 4 members (excludes halogenated alkanes) is 6. The van der Waals surface area contributed by atoms with Crippen molar-refractivity contribution < 1.29 is 18.4 Å². The van der Waals surface area contributed by atoms with Gasteiger partial charge in [-0.05, 0) is 155 Å². The maximum Gasteiger partial charge on any atom is 0.194 e. The second-order valence-electron chi connectivity index (χ2n) is 26.4. The zero-order valence-corrected chi connectivity index (χ0v) is 58.8. The van der Waals surface area contributed by atoms with Crippen LogP contribution in [-0.4, -0.2) is 11.6 Å². The van der Waals surface area contributed by atoms with Crippen LogP contribution in [0.1, 0.15) is 174 Å². The van der Waals surface area contributed by atoms with Crippen molar-refractivity contribution in [3.63, 3.8) is 0 Å². The van der Waals surface area contributed by atoms with Gasteiger partial charge in [-0.2, -0.15) is 21.0 Å². The highest BCUT2D eigenvalue weighted by molar-refractivity contribution is 7.25. The summed E-state index contributed by atoms with van der Waals surface area (Å²) in [4.78, 5) is 35.0. The summed E-state index contributed by atoms with van der Waals surface area (Å²) in [6.45, 7) is 8.53. The fraction of sp³-hybridized carbons (Fsp3) is 0.182. The summed E-state index contributed by atoms with van der Waals surface area (Å²) in [6.07, 6.45) is 14.5. The van der Waals surface area contributed by atoms with Gasteiger partial charge in [-0.25, -0.2) is 8.78 Å². The summed E-state index contributed by atoms with van der Waals surface area (Å²) in [5.74, 6) is -1.74. The van der Waals surface area contributed by atoms with Gasteiger partial charge in [0, 0.05) is 64.1 Å². The molecule has 2 unspecified atom stereocenters. The van der Waals surface area contributed by atoms with E-state index in [9.17, 15) is 30.6 Å². The Bertz CT molecular complexity index is 5150. The number of nitrogens with zero attached hydrogens (tertiary/aromatic N) is 4. The number of hydrogen-bond donors (Lipinski definition) is 0. The van der Waals surface area contributed by atoms with Gasteiger partial charge in [-0.3, -0.25) is 9.59 Å². The molecule has 0 spiro atoms. The Balaban J connectivity index is 0.890. The first-order chi connectivity index (χ1) is 48.8. The number of Topliss-reactive ketones (excluding diaryl/α,β-unsaturated/α-hetero) is 2. The minimum atomic E-state index is -0.956. The van der Waals surface area contributed by atoms with Crippen molar-refractivity contribution in [3.05, 3.63) is 315 Å². The Hall–Kier alpha value is -10.5. The average Bonchev–Trinajstić information content (AvgIpc) is 1.52. The predicted octanol–water partition coefficient (Wildman–Crippen LogP) is 23.3. The van der Waals surface area contributed by atoms with Crippen LogP contribution in [0.4, 0.5) is 8.78 Å². The largest absolute Gasteiger partial charge is 0.289 e. The monoisotopic (exact) mass is 1370 g/mol. The minimum Gasteiger partial charge on any atom is -0.289 e. The van der Waals surface area contributed by atoms with Crippen molar-refractivity contribution in [2.24, 2.45) is 0 Å². The number of allylic oxidation sites excluding steroid dienone is 6. The predicted molar refractivity (Wildman–Crippen MR) is 402 cm³/mol. The topological polar surface area (TPSA) is 129 Å². The van der Waals surface area contributed by atoms with Gasteiger partial charge in [0.15, 0.2) is 11.6 Å². The molecule has 7 aromatic carbocycles. The van der Waals surface area contributed by atoms with Crippen LogP contribution in [0, 0.1) is 70.8 Å². The SMILES string of the molecule is CCCCCCc1ccc(C2(c3ccc(C)cc3)c3cc(/C=C4\C(=O)c5ccccc5C4=C(C#N)C#N)sc3-c3sc(-c4cc(F)c(-c5cc6c(s5)-c5sc(/C=C7\C(=O)c8ccccc8C7=C(C#N)C#N)cc5C6(c5ccc(C)cc5)c5ccc(CCCCCC)cc5)cc4F)cc32)cc1. The number of aryl methyl sites for hydroxylation is 4. The number of ketones is 2. The van der Waals surface area contributed by atoms with E-state index in [4.69, 9.17) is 0 Å². The van der Waals surface area contributed by atoms with Gasteiger partial charge in [0.1, 0.15) is 47.1 Å². The Kier molecular flexibility index (Phi) is 17.4. The van der Waals surface area contributed by atoms with E-state index in [1.165, 1.54) is 81.4 Å². The summed E-state index contributed by atoms with van der Waals surface area (Å²) in [5.41, 5.74) is 13.4. The highest BCUT2D eigenvalue weighted by Gasteiger charge is 2.51. The summed E-state index contributed by atoms with van der Waals surface area (Å²) in [7, 11) is 0. The first-order valence-corrected chi connectivity index (χ1v) is 37.3. The number of hydrogen-bond acceptors (Lipinski definition) is 10. The number of carbonyl (C=O) groups excluding carboxylic acids is 2. The molecule has 0 radical (unpaired) electrons. The van der Waals surface area contributed by atoms with Crippen LogP contribution in [0.3, 0.4) is 0 Å². The van der Waals surface area contributed by atoms with Crippen LogP contribution < -0.4 is 0 Å². The van der Waals surface area contributed by atoms with Gasteiger partial charge < -0.3 is 0 Å². The average molecular weight is 1380 g/mol. The molecular weight excluding hydrogens is 1310 g/mol. The molecule has 4 aromatic heterocycles. The summed E-state index contributed by atoms with van der Waals surface area (Å²) in [6, 6.07) is 68.1. The van der Waals surface area contributed by atoms with E-state index in [2.05, 4.69) is 161 Å². The molecule has 2 atom stereocenters. The van der Waals surface area contributed by atoms with Crippen LogP contribution in [0.2, 0.25) is 0 Å². The van der Waals surface area contributed by atoms with Crippen molar-refractivity contribution >= 4 is 80.2 Å². The number of rotatable bonds is 18.